The number of anilines is 1. The number of nitrogens with one attached hydrogen (secondary N) is 1. The minimum atomic E-state index is -1.09. The van der Waals surface area contributed by atoms with Gasteiger partial charge in [0, 0.05) is 37.8 Å². The Morgan fingerprint density at radius 1 is 1.04 bits per heavy atom. The number of hydrogen-bond donors (Lipinski definition) is 2. The number of halogens is 1. The first kappa shape index (κ1) is 33.5. The molecule has 2 saturated heterocycles. The number of aromatic nitrogens is 3. The number of carbonyl (C=O) groups excluding carboxylic acids is 2. The van der Waals surface area contributed by atoms with E-state index in [0.29, 0.717) is 30.0 Å². The molecule has 2 aliphatic carbocycles. The highest BCUT2D eigenvalue weighted by atomic mass is 19.1. The summed E-state index contributed by atoms with van der Waals surface area (Å²) in [6.45, 7) is 12.6. The molecule has 1 spiro atoms. The van der Waals surface area contributed by atoms with Crippen molar-refractivity contribution in [1.82, 2.24) is 30.3 Å². The fraction of sp³-hybridized carbons (Fsp3) is 0.686. The lowest BCUT2D eigenvalue weighted by Gasteiger charge is -2.46. The molecule has 47 heavy (non-hydrogen) atoms. The van der Waals surface area contributed by atoms with E-state index < -0.39 is 11.4 Å². The number of likely N-dealkylation sites (tertiary alicyclic amines) is 1. The molecule has 2 N–H and O–H groups in total. The lowest BCUT2D eigenvalue weighted by molar-refractivity contribution is -0.132. The van der Waals surface area contributed by atoms with Crippen LogP contribution in [0.5, 0.6) is 11.6 Å². The highest BCUT2D eigenvalue weighted by molar-refractivity contribution is 5.97. The van der Waals surface area contributed by atoms with Crippen LogP contribution >= 0.6 is 0 Å². The van der Waals surface area contributed by atoms with Gasteiger partial charge in [0.1, 0.15) is 23.5 Å². The van der Waals surface area contributed by atoms with Crippen molar-refractivity contribution in [2.24, 2.45) is 11.3 Å². The molecule has 2 aliphatic heterocycles. The Hall–Kier alpha value is -3.38. The number of aliphatic hydroxyl groups is 1. The average molecular weight is 652 g/mol. The smallest absolute Gasteiger partial charge is 0.282 e. The van der Waals surface area contributed by atoms with Crippen molar-refractivity contribution in [1.29, 1.82) is 0 Å². The second-order valence-corrected chi connectivity index (χ2v) is 14.9. The molecule has 2 saturated carbocycles. The van der Waals surface area contributed by atoms with Crippen LogP contribution in [-0.2, 0) is 4.79 Å². The molecule has 1 aromatic carbocycles. The summed E-state index contributed by atoms with van der Waals surface area (Å²) < 4.78 is 20.6. The number of benzene rings is 1. The molecule has 2 aromatic rings. The summed E-state index contributed by atoms with van der Waals surface area (Å²) in [5, 5.41) is 21.4. The number of ether oxygens (including phenoxy) is 1. The van der Waals surface area contributed by atoms with Crippen LogP contribution in [0.2, 0.25) is 0 Å². The zero-order chi connectivity index (χ0) is 33.3. The normalized spacial score (nSPS) is 22.6. The molecule has 2 amide bonds. The predicted octanol–water partition coefficient (Wildman–Crippen LogP) is 4.55. The van der Waals surface area contributed by atoms with Crippen LogP contribution in [0.1, 0.15) is 95.8 Å². The van der Waals surface area contributed by atoms with E-state index in [1.807, 2.05) is 27.7 Å². The van der Waals surface area contributed by atoms with Gasteiger partial charge in [-0.2, -0.15) is 0 Å². The second kappa shape index (κ2) is 13.6. The first-order valence-corrected chi connectivity index (χ1v) is 17.4. The van der Waals surface area contributed by atoms with Gasteiger partial charge >= 0.3 is 0 Å². The van der Waals surface area contributed by atoms with Gasteiger partial charge in [0.05, 0.1) is 5.56 Å². The zero-order valence-electron chi connectivity index (χ0n) is 28.3. The molecule has 0 bridgehead atoms. The molecule has 1 atom stereocenters. The predicted molar refractivity (Wildman–Crippen MR) is 176 cm³/mol. The molecule has 6 rings (SSSR count). The number of amides is 2. The van der Waals surface area contributed by atoms with Gasteiger partial charge in [0.15, 0.2) is 5.82 Å². The summed E-state index contributed by atoms with van der Waals surface area (Å²) >= 11 is 0. The van der Waals surface area contributed by atoms with E-state index in [1.165, 1.54) is 37.4 Å². The molecule has 11 nitrogen and oxygen atoms in total. The van der Waals surface area contributed by atoms with Crippen LogP contribution < -0.4 is 15.0 Å². The Morgan fingerprint density at radius 2 is 1.74 bits per heavy atom. The fourth-order valence-electron chi connectivity index (χ4n) is 7.90. The maximum absolute atomic E-state index is 14.4. The van der Waals surface area contributed by atoms with Gasteiger partial charge in [-0.3, -0.25) is 9.59 Å². The molecule has 1 aromatic heterocycles. The zero-order valence-corrected chi connectivity index (χ0v) is 28.3. The van der Waals surface area contributed by atoms with Crippen molar-refractivity contribution in [3.05, 3.63) is 35.9 Å². The summed E-state index contributed by atoms with van der Waals surface area (Å²) in [5.74, 6) is 0.478. The molecule has 4 fully saturated rings. The minimum absolute atomic E-state index is 0.0733. The molecule has 4 aliphatic rings. The van der Waals surface area contributed by atoms with Gasteiger partial charge in [-0.25, -0.2) is 9.37 Å². The van der Waals surface area contributed by atoms with E-state index in [-0.39, 0.29) is 47.1 Å². The molecular formula is C35H50FN7O4. The summed E-state index contributed by atoms with van der Waals surface area (Å²) in [5.41, 5.74) is -0.581. The second-order valence-electron chi connectivity index (χ2n) is 14.9. The van der Waals surface area contributed by atoms with E-state index >= 15 is 0 Å². The van der Waals surface area contributed by atoms with Gasteiger partial charge in [0.25, 0.3) is 17.7 Å². The van der Waals surface area contributed by atoms with Gasteiger partial charge in [-0.15, -0.1) is 10.2 Å². The first-order chi connectivity index (χ1) is 22.4. The summed E-state index contributed by atoms with van der Waals surface area (Å²) in [7, 11) is 0. The third-order valence-electron chi connectivity index (χ3n) is 10.8. The molecular weight excluding hydrogens is 601 g/mol. The summed E-state index contributed by atoms with van der Waals surface area (Å²) in [6.07, 6.45) is 10.3. The number of nitrogens with zero attached hydrogens (tertiary/aromatic N) is 6. The third-order valence-corrected chi connectivity index (χ3v) is 10.8. The molecule has 256 valence electrons. The van der Waals surface area contributed by atoms with Crippen LogP contribution in [0, 0.1) is 17.2 Å². The Bertz CT molecular complexity index is 1420. The maximum Gasteiger partial charge on any atom is 0.282 e. The van der Waals surface area contributed by atoms with Gasteiger partial charge in [0.2, 0.25) is 0 Å². The van der Waals surface area contributed by atoms with E-state index in [2.05, 4.69) is 30.3 Å². The third kappa shape index (κ3) is 7.53. The van der Waals surface area contributed by atoms with Crippen molar-refractivity contribution >= 4 is 17.6 Å². The number of rotatable bonds is 10. The van der Waals surface area contributed by atoms with Crippen LogP contribution in [0.3, 0.4) is 0 Å². The minimum Gasteiger partial charge on any atom is -0.434 e. The Morgan fingerprint density at radius 3 is 2.40 bits per heavy atom. The molecule has 3 heterocycles. The summed E-state index contributed by atoms with van der Waals surface area (Å²) in [6, 6.07) is 4.01. The van der Waals surface area contributed by atoms with Gasteiger partial charge < -0.3 is 29.9 Å². The fourth-order valence-corrected chi connectivity index (χ4v) is 7.90. The first-order valence-electron chi connectivity index (χ1n) is 17.4. The van der Waals surface area contributed by atoms with Gasteiger partial charge in [-0.05, 0) is 128 Å². The van der Waals surface area contributed by atoms with E-state index in [4.69, 9.17) is 4.74 Å². The van der Waals surface area contributed by atoms with Crippen molar-refractivity contribution in [2.75, 3.05) is 37.6 Å². The number of hydrogen-bond acceptors (Lipinski definition) is 9. The van der Waals surface area contributed by atoms with E-state index in [9.17, 15) is 19.1 Å². The van der Waals surface area contributed by atoms with Crippen molar-refractivity contribution in [3.8, 4) is 11.6 Å². The molecule has 12 heteroatoms. The highest BCUT2D eigenvalue weighted by Gasteiger charge is 2.49. The van der Waals surface area contributed by atoms with Crippen LogP contribution in [0.25, 0.3) is 0 Å². The molecule has 0 radical (unpaired) electrons. The lowest BCUT2D eigenvalue weighted by Crippen LogP contribution is -2.48. The SMILES string of the molecule is CC(C)N(C(=O)c1cc(F)ccc1Oc1nncnc1N1CC[C@@H](CN2CCC3(CCC(NC(=O)C4(O)CC4)CC3)CC2)C1)C(C)C. The molecule has 0 unspecified atom stereocenters. The quantitative estimate of drug-likeness (QED) is 0.381. The van der Waals surface area contributed by atoms with Crippen molar-refractivity contribution in [2.45, 2.75) is 109 Å². The maximum atomic E-state index is 14.4. The number of carbonyl (C=O) groups is 2. The van der Waals surface area contributed by atoms with Crippen LogP contribution in [0.15, 0.2) is 24.5 Å². The Kier molecular flexibility index (Phi) is 9.71. The van der Waals surface area contributed by atoms with Gasteiger partial charge in [-0.1, -0.05) is 0 Å². The topological polar surface area (TPSA) is 124 Å². The van der Waals surface area contributed by atoms with E-state index in [1.54, 1.807) is 4.90 Å². The number of piperidine rings is 1. The standard InChI is InChI=1S/C35H50FN7O4/c1-23(2)43(24(3)4)32(44)28-19-26(36)5-6-29(28)47-31-30(37-22-38-40-31)42-16-9-25(21-42)20-41-17-14-34(15-18-41)10-7-27(8-11-34)39-33(45)35(46)12-13-35/h5-6,19,22-25,27,46H,7-18,20-21H2,1-4H3,(H,39,45)/t25-/m0/s1. The van der Waals surface area contributed by atoms with Crippen LogP contribution in [0.4, 0.5) is 10.2 Å². The largest absolute Gasteiger partial charge is 0.434 e. The highest BCUT2D eigenvalue weighted by Crippen LogP contribution is 2.45. The monoisotopic (exact) mass is 651 g/mol. The van der Waals surface area contributed by atoms with Crippen LogP contribution in [-0.4, -0.2) is 98.4 Å². The van der Waals surface area contributed by atoms with E-state index in [0.717, 1.165) is 64.8 Å². The Balaban J connectivity index is 1.03. The Labute approximate surface area is 277 Å². The van der Waals surface area contributed by atoms with Crippen molar-refractivity contribution < 1.29 is 23.8 Å². The summed E-state index contributed by atoms with van der Waals surface area (Å²) in [4.78, 5) is 36.8. The lowest BCUT2D eigenvalue weighted by atomic mass is 9.67. The van der Waals surface area contributed by atoms with Crippen molar-refractivity contribution in [3.63, 3.8) is 0 Å². The average Bonchev–Trinajstić information content (AvgIpc) is 3.64.